The van der Waals surface area contributed by atoms with Crippen molar-refractivity contribution in [1.29, 1.82) is 0 Å². The first-order valence-corrected chi connectivity index (χ1v) is 7.90. The van der Waals surface area contributed by atoms with Gasteiger partial charge < -0.3 is 15.0 Å². The highest BCUT2D eigenvalue weighted by molar-refractivity contribution is 5.79. The van der Waals surface area contributed by atoms with Gasteiger partial charge in [0.25, 0.3) is 0 Å². The van der Waals surface area contributed by atoms with Gasteiger partial charge in [0.05, 0.1) is 12.0 Å². The van der Waals surface area contributed by atoms with Crippen LogP contribution in [0.15, 0.2) is 0 Å². The number of carbonyl (C=O) groups excluding carboxylic acids is 1. The highest BCUT2D eigenvalue weighted by Crippen LogP contribution is 2.26. The Morgan fingerprint density at radius 1 is 1.37 bits per heavy atom. The Morgan fingerprint density at radius 3 is 2.95 bits per heavy atom. The summed E-state index contributed by atoms with van der Waals surface area (Å²) < 4.78 is 5.66. The van der Waals surface area contributed by atoms with Crippen LogP contribution in [0.4, 0.5) is 0 Å². The van der Waals surface area contributed by atoms with E-state index in [2.05, 4.69) is 24.1 Å². The molecule has 1 N–H and O–H groups in total. The maximum absolute atomic E-state index is 12.6. The molecular formula is C15H28N2O2. The lowest BCUT2D eigenvalue weighted by atomic mass is 9.96. The molecule has 0 radical (unpaired) electrons. The van der Waals surface area contributed by atoms with Gasteiger partial charge in [0.2, 0.25) is 5.91 Å². The standard InChI is InChI=1S/C15H28N2O2/c1-3-8-16-12-6-5-9-17(11-12)15(18)13-7-10-19-14(13)4-2/h12-14,16H,3-11H2,1-2H3. The molecule has 0 aliphatic carbocycles. The number of hydrogen-bond donors (Lipinski definition) is 1. The largest absolute Gasteiger partial charge is 0.377 e. The normalized spacial score (nSPS) is 31.7. The zero-order valence-corrected chi connectivity index (χ0v) is 12.4. The summed E-state index contributed by atoms with van der Waals surface area (Å²) in [7, 11) is 0. The van der Waals surface area contributed by atoms with Crippen molar-refractivity contribution in [2.45, 2.75) is 58.1 Å². The summed E-state index contributed by atoms with van der Waals surface area (Å²) in [4.78, 5) is 14.7. The zero-order valence-electron chi connectivity index (χ0n) is 12.4. The Morgan fingerprint density at radius 2 is 2.21 bits per heavy atom. The first-order valence-electron chi connectivity index (χ1n) is 7.90. The summed E-state index contributed by atoms with van der Waals surface area (Å²) in [5, 5.41) is 3.55. The second-order valence-corrected chi connectivity index (χ2v) is 5.79. The molecule has 19 heavy (non-hydrogen) atoms. The Kier molecular flexibility index (Phi) is 5.64. The Bertz CT molecular complexity index is 296. The van der Waals surface area contributed by atoms with E-state index in [9.17, 15) is 4.79 Å². The number of ether oxygens (including phenoxy) is 1. The molecule has 0 aromatic heterocycles. The summed E-state index contributed by atoms with van der Waals surface area (Å²) in [6.07, 6.45) is 5.47. The molecule has 0 aromatic rings. The van der Waals surface area contributed by atoms with Crippen LogP contribution in [0.5, 0.6) is 0 Å². The second-order valence-electron chi connectivity index (χ2n) is 5.79. The van der Waals surface area contributed by atoms with Gasteiger partial charge in [0.1, 0.15) is 0 Å². The van der Waals surface area contributed by atoms with Crippen LogP contribution in [0.25, 0.3) is 0 Å². The van der Waals surface area contributed by atoms with Crippen molar-refractivity contribution in [3.05, 3.63) is 0 Å². The number of hydrogen-bond acceptors (Lipinski definition) is 3. The van der Waals surface area contributed by atoms with Crippen LogP contribution in [0, 0.1) is 5.92 Å². The molecule has 1 amide bonds. The van der Waals surface area contributed by atoms with Gasteiger partial charge in [0.15, 0.2) is 0 Å². The van der Waals surface area contributed by atoms with Crippen molar-refractivity contribution >= 4 is 5.91 Å². The zero-order chi connectivity index (χ0) is 13.7. The minimum absolute atomic E-state index is 0.106. The molecule has 4 nitrogen and oxygen atoms in total. The van der Waals surface area contributed by atoms with Gasteiger partial charge in [-0.05, 0) is 38.6 Å². The molecule has 0 aromatic carbocycles. The van der Waals surface area contributed by atoms with Crippen LogP contribution in [-0.2, 0) is 9.53 Å². The van der Waals surface area contributed by atoms with Crippen molar-refractivity contribution in [3.8, 4) is 0 Å². The highest BCUT2D eigenvalue weighted by atomic mass is 16.5. The first-order chi connectivity index (χ1) is 9.26. The molecule has 2 fully saturated rings. The molecule has 3 unspecified atom stereocenters. The number of nitrogens with one attached hydrogen (secondary N) is 1. The average Bonchev–Trinajstić information content (AvgIpc) is 2.93. The minimum Gasteiger partial charge on any atom is -0.377 e. The van der Waals surface area contributed by atoms with Crippen LogP contribution in [0.1, 0.15) is 46.0 Å². The van der Waals surface area contributed by atoms with E-state index in [1.807, 2.05) is 0 Å². The number of likely N-dealkylation sites (tertiary alicyclic amines) is 1. The van der Waals surface area contributed by atoms with E-state index >= 15 is 0 Å². The number of rotatable bonds is 5. The lowest BCUT2D eigenvalue weighted by Crippen LogP contribution is -2.50. The highest BCUT2D eigenvalue weighted by Gasteiger charge is 2.36. The van der Waals surface area contributed by atoms with E-state index in [0.29, 0.717) is 11.9 Å². The SMILES string of the molecule is CCCNC1CCCN(C(=O)C2CCOC2CC)C1. The summed E-state index contributed by atoms with van der Waals surface area (Å²) in [6.45, 7) is 7.90. The molecule has 2 aliphatic rings. The van der Waals surface area contributed by atoms with Crippen LogP contribution >= 0.6 is 0 Å². The van der Waals surface area contributed by atoms with Crippen LogP contribution in [0.2, 0.25) is 0 Å². The molecule has 110 valence electrons. The molecule has 0 spiro atoms. The van der Waals surface area contributed by atoms with E-state index in [4.69, 9.17) is 4.74 Å². The third-order valence-corrected chi connectivity index (χ3v) is 4.35. The Hall–Kier alpha value is -0.610. The predicted octanol–water partition coefficient (Wildman–Crippen LogP) is 1.79. The predicted molar refractivity (Wildman–Crippen MR) is 76.0 cm³/mol. The molecule has 3 atom stereocenters. The van der Waals surface area contributed by atoms with Crippen LogP contribution in [0.3, 0.4) is 0 Å². The maximum Gasteiger partial charge on any atom is 0.228 e. The molecule has 2 rings (SSSR count). The van der Waals surface area contributed by atoms with Gasteiger partial charge >= 0.3 is 0 Å². The van der Waals surface area contributed by atoms with E-state index in [-0.39, 0.29) is 12.0 Å². The van der Waals surface area contributed by atoms with Crippen LogP contribution < -0.4 is 5.32 Å². The quantitative estimate of drug-likeness (QED) is 0.826. The molecule has 0 bridgehead atoms. The van der Waals surface area contributed by atoms with Gasteiger partial charge in [-0.15, -0.1) is 0 Å². The number of carbonyl (C=O) groups is 1. The van der Waals surface area contributed by atoms with Crippen molar-refractivity contribution in [2.24, 2.45) is 5.92 Å². The third-order valence-electron chi connectivity index (χ3n) is 4.35. The lowest BCUT2D eigenvalue weighted by Gasteiger charge is -2.35. The number of piperidine rings is 1. The molecule has 2 heterocycles. The number of nitrogens with zero attached hydrogens (tertiary/aromatic N) is 1. The molecule has 0 saturated carbocycles. The van der Waals surface area contributed by atoms with Crippen molar-refractivity contribution in [2.75, 3.05) is 26.2 Å². The molecule has 2 saturated heterocycles. The summed E-state index contributed by atoms with van der Waals surface area (Å²) in [5.41, 5.74) is 0. The summed E-state index contributed by atoms with van der Waals surface area (Å²) >= 11 is 0. The topological polar surface area (TPSA) is 41.6 Å². The fraction of sp³-hybridized carbons (Fsp3) is 0.933. The molecule has 4 heteroatoms. The minimum atomic E-state index is 0.106. The summed E-state index contributed by atoms with van der Waals surface area (Å²) in [5.74, 6) is 0.433. The average molecular weight is 268 g/mol. The molecule has 2 aliphatic heterocycles. The third kappa shape index (κ3) is 3.69. The van der Waals surface area contributed by atoms with Gasteiger partial charge in [0, 0.05) is 25.7 Å². The fourth-order valence-corrected chi connectivity index (χ4v) is 3.26. The van der Waals surface area contributed by atoms with Gasteiger partial charge in [-0.3, -0.25) is 4.79 Å². The van der Waals surface area contributed by atoms with E-state index in [1.54, 1.807) is 0 Å². The Balaban J connectivity index is 1.87. The smallest absolute Gasteiger partial charge is 0.228 e. The summed E-state index contributed by atoms with van der Waals surface area (Å²) in [6, 6.07) is 0.486. The Labute approximate surface area is 116 Å². The van der Waals surface area contributed by atoms with Crippen LogP contribution in [-0.4, -0.2) is 49.2 Å². The maximum atomic E-state index is 12.6. The number of amides is 1. The molecular weight excluding hydrogens is 240 g/mol. The van der Waals surface area contributed by atoms with Crippen molar-refractivity contribution < 1.29 is 9.53 Å². The second kappa shape index (κ2) is 7.25. The van der Waals surface area contributed by atoms with Gasteiger partial charge in [-0.2, -0.15) is 0 Å². The fourth-order valence-electron chi connectivity index (χ4n) is 3.26. The van der Waals surface area contributed by atoms with Gasteiger partial charge in [-0.1, -0.05) is 13.8 Å². The van der Waals surface area contributed by atoms with Crippen molar-refractivity contribution in [1.82, 2.24) is 10.2 Å². The van der Waals surface area contributed by atoms with E-state index in [0.717, 1.165) is 51.9 Å². The van der Waals surface area contributed by atoms with E-state index < -0.39 is 0 Å². The first kappa shape index (κ1) is 14.8. The van der Waals surface area contributed by atoms with Gasteiger partial charge in [-0.25, -0.2) is 0 Å². The van der Waals surface area contributed by atoms with Crippen molar-refractivity contribution in [3.63, 3.8) is 0 Å². The lowest BCUT2D eigenvalue weighted by molar-refractivity contribution is -0.138. The van der Waals surface area contributed by atoms with E-state index in [1.165, 1.54) is 6.42 Å². The monoisotopic (exact) mass is 268 g/mol.